The number of rotatable bonds is 4. The number of nitrogens with zero attached hydrogens (tertiary/aromatic N) is 1. The largest absolute Gasteiger partial charge is 0.490 e. The maximum atomic E-state index is 10.8. The van der Waals surface area contributed by atoms with Gasteiger partial charge in [0.2, 0.25) is 0 Å². The van der Waals surface area contributed by atoms with Crippen LogP contribution in [0.2, 0.25) is 0 Å². The minimum Gasteiger partial charge on any atom is -0.490 e. The number of aryl methyl sites for hydroxylation is 2. The molecule has 1 aliphatic heterocycles. The Bertz CT molecular complexity index is 466. The highest BCUT2D eigenvalue weighted by atomic mass is 16.6. The molecule has 92 valence electrons. The molecular weight excluding hydrogens is 222 g/mol. The fourth-order valence-electron chi connectivity index (χ4n) is 1.61. The average Bonchev–Trinajstić information content (AvgIpc) is 2.95. The van der Waals surface area contributed by atoms with Crippen LogP contribution < -0.4 is 4.74 Å². The van der Waals surface area contributed by atoms with Crippen LogP contribution in [0, 0.1) is 24.0 Å². The lowest BCUT2D eigenvalue weighted by Gasteiger charge is -2.11. The highest BCUT2D eigenvalue weighted by molar-refractivity contribution is 5.49. The van der Waals surface area contributed by atoms with Gasteiger partial charge in [-0.25, -0.2) is 0 Å². The van der Waals surface area contributed by atoms with Gasteiger partial charge in [0.05, 0.1) is 17.6 Å². The summed E-state index contributed by atoms with van der Waals surface area (Å²) in [4.78, 5) is 10.4. The monoisotopic (exact) mass is 237 g/mol. The molecule has 1 saturated heterocycles. The number of hydrogen-bond donors (Lipinski definition) is 0. The number of nitro groups is 1. The third kappa shape index (κ3) is 2.55. The van der Waals surface area contributed by atoms with Gasteiger partial charge in [0.15, 0.2) is 0 Å². The molecule has 1 atom stereocenters. The third-order valence-corrected chi connectivity index (χ3v) is 2.86. The van der Waals surface area contributed by atoms with Crippen LogP contribution in [0.1, 0.15) is 18.1 Å². The van der Waals surface area contributed by atoms with Gasteiger partial charge in [0.25, 0.3) is 5.69 Å². The molecule has 5 heteroatoms. The molecule has 0 bridgehead atoms. The second-order valence-electron chi connectivity index (χ2n) is 4.69. The van der Waals surface area contributed by atoms with Crippen molar-refractivity contribution >= 4 is 5.69 Å². The van der Waals surface area contributed by atoms with Crippen LogP contribution in [0.3, 0.4) is 0 Å². The van der Waals surface area contributed by atoms with Gasteiger partial charge in [-0.3, -0.25) is 10.1 Å². The first kappa shape index (κ1) is 11.9. The summed E-state index contributed by atoms with van der Waals surface area (Å²) in [6, 6.07) is 3.25. The normalized spacial score (nSPS) is 22.3. The maximum absolute atomic E-state index is 10.8. The van der Waals surface area contributed by atoms with Gasteiger partial charge in [0.1, 0.15) is 18.0 Å². The Morgan fingerprint density at radius 1 is 1.47 bits per heavy atom. The molecule has 0 radical (unpaired) electrons. The molecule has 0 N–H and O–H groups in total. The van der Waals surface area contributed by atoms with Crippen LogP contribution >= 0.6 is 0 Å². The van der Waals surface area contributed by atoms with Crippen LogP contribution in [0.25, 0.3) is 0 Å². The van der Waals surface area contributed by atoms with Gasteiger partial charge in [-0.15, -0.1) is 0 Å². The Kier molecular flexibility index (Phi) is 2.79. The summed E-state index contributed by atoms with van der Waals surface area (Å²) < 4.78 is 10.8. The molecule has 1 aliphatic rings. The van der Waals surface area contributed by atoms with Crippen LogP contribution in [0.5, 0.6) is 5.75 Å². The molecule has 5 nitrogen and oxygen atoms in total. The molecule has 0 spiro atoms. The third-order valence-electron chi connectivity index (χ3n) is 2.86. The summed E-state index contributed by atoms with van der Waals surface area (Å²) in [6.07, 6.45) is 0. The Labute approximate surface area is 99.5 Å². The molecule has 17 heavy (non-hydrogen) atoms. The van der Waals surface area contributed by atoms with Gasteiger partial charge < -0.3 is 9.47 Å². The van der Waals surface area contributed by atoms with Crippen molar-refractivity contribution in [1.82, 2.24) is 0 Å². The topological polar surface area (TPSA) is 64.9 Å². The van der Waals surface area contributed by atoms with Crippen molar-refractivity contribution < 1.29 is 14.4 Å². The number of epoxide rings is 1. The Balaban J connectivity index is 2.20. The molecule has 0 saturated carbocycles. The van der Waals surface area contributed by atoms with E-state index in [4.69, 9.17) is 9.47 Å². The fourth-order valence-corrected chi connectivity index (χ4v) is 1.61. The van der Waals surface area contributed by atoms with E-state index in [0.29, 0.717) is 24.5 Å². The van der Waals surface area contributed by atoms with Crippen molar-refractivity contribution in [1.29, 1.82) is 0 Å². The van der Waals surface area contributed by atoms with Crippen LogP contribution in [-0.2, 0) is 4.74 Å². The smallest absolute Gasteiger partial charge is 0.276 e. The molecule has 1 heterocycles. The minimum atomic E-state index is -0.392. The van der Waals surface area contributed by atoms with Crippen molar-refractivity contribution in [3.05, 3.63) is 33.4 Å². The Morgan fingerprint density at radius 3 is 2.65 bits per heavy atom. The first-order valence-electron chi connectivity index (χ1n) is 5.44. The van der Waals surface area contributed by atoms with E-state index in [1.54, 1.807) is 13.0 Å². The second kappa shape index (κ2) is 4.00. The Morgan fingerprint density at radius 2 is 2.12 bits per heavy atom. The van der Waals surface area contributed by atoms with E-state index in [0.717, 1.165) is 5.56 Å². The van der Waals surface area contributed by atoms with E-state index < -0.39 is 4.92 Å². The molecule has 1 unspecified atom stereocenters. The lowest BCUT2D eigenvalue weighted by molar-refractivity contribution is -0.385. The summed E-state index contributed by atoms with van der Waals surface area (Å²) >= 11 is 0. The Hall–Kier alpha value is -1.62. The standard InChI is InChI=1S/C12H15NO4/c1-8-4-9(2)11(5-10(8)13(14)15)16-6-12(3)7-17-12/h4-5H,6-7H2,1-3H3. The highest BCUT2D eigenvalue weighted by Gasteiger charge is 2.40. The van der Waals surface area contributed by atoms with E-state index in [2.05, 4.69) is 0 Å². The lowest BCUT2D eigenvalue weighted by atomic mass is 10.1. The number of nitro benzene ring substituents is 1. The molecule has 1 aromatic rings. The van der Waals surface area contributed by atoms with Gasteiger partial charge in [-0.2, -0.15) is 0 Å². The van der Waals surface area contributed by atoms with Crippen LogP contribution in [0.15, 0.2) is 12.1 Å². The fraction of sp³-hybridized carbons (Fsp3) is 0.500. The zero-order valence-corrected chi connectivity index (χ0v) is 10.1. The van der Waals surface area contributed by atoms with Crippen LogP contribution in [-0.4, -0.2) is 23.7 Å². The molecular formula is C12H15NO4. The van der Waals surface area contributed by atoms with E-state index in [1.807, 2.05) is 13.8 Å². The first-order chi connectivity index (χ1) is 7.91. The summed E-state index contributed by atoms with van der Waals surface area (Å²) in [7, 11) is 0. The summed E-state index contributed by atoms with van der Waals surface area (Å²) in [5.74, 6) is 0.555. The van der Waals surface area contributed by atoms with Gasteiger partial charge in [-0.05, 0) is 32.4 Å². The molecule has 1 fully saturated rings. The summed E-state index contributed by atoms with van der Waals surface area (Å²) in [6.45, 7) is 6.65. The number of benzene rings is 1. The zero-order valence-electron chi connectivity index (χ0n) is 10.1. The lowest BCUT2D eigenvalue weighted by Crippen LogP contribution is -2.17. The summed E-state index contributed by atoms with van der Waals surface area (Å²) in [5.41, 5.74) is 1.42. The number of ether oxygens (including phenoxy) is 2. The van der Waals surface area contributed by atoms with Gasteiger partial charge >= 0.3 is 0 Å². The highest BCUT2D eigenvalue weighted by Crippen LogP contribution is 2.31. The molecule has 0 aliphatic carbocycles. The molecule has 0 aromatic heterocycles. The average molecular weight is 237 g/mol. The quantitative estimate of drug-likeness (QED) is 0.458. The van der Waals surface area contributed by atoms with Crippen molar-refractivity contribution in [3.63, 3.8) is 0 Å². The predicted octanol–water partition coefficient (Wildman–Crippen LogP) is 2.38. The van der Waals surface area contributed by atoms with Crippen molar-refractivity contribution in [3.8, 4) is 5.75 Å². The second-order valence-corrected chi connectivity index (χ2v) is 4.69. The number of hydrogen-bond acceptors (Lipinski definition) is 4. The first-order valence-corrected chi connectivity index (χ1v) is 5.44. The van der Waals surface area contributed by atoms with E-state index in [9.17, 15) is 10.1 Å². The minimum absolute atomic E-state index is 0.0902. The maximum Gasteiger partial charge on any atom is 0.276 e. The van der Waals surface area contributed by atoms with Crippen molar-refractivity contribution in [2.75, 3.05) is 13.2 Å². The SMILES string of the molecule is Cc1cc(C)c([N+](=O)[O-])cc1OCC1(C)CO1. The van der Waals surface area contributed by atoms with Gasteiger partial charge in [0, 0.05) is 5.56 Å². The summed E-state index contributed by atoms with van der Waals surface area (Å²) in [5, 5.41) is 10.8. The van der Waals surface area contributed by atoms with E-state index in [-0.39, 0.29) is 11.3 Å². The zero-order chi connectivity index (χ0) is 12.6. The van der Waals surface area contributed by atoms with Crippen molar-refractivity contribution in [2.24, 2.45) is 0 Å². The molecule has 2 rings (SSSR count). The predicted molar refractivity (Wildman–Crippen MR) is 62.4 cm³/mol. The molecule has 0 amide bonds. The van der Waals surface area contributed by atoms with Gasteiger partial charge in [-0.1, -0.05) is 0 Å². The van der Waals surface area contributed by atoms with Crippen molar-refractivity contribution in [2.45, 2.75) is 26.4 Å². The van der Waals surface area contributed by atoms with E-state index >= 15 is 0 Å². The molecule has 1 aromatic carbocycles. The van der Waals surface area contributed by atoms with Crippen LogP contribution in [0.4, 0.5) is 5.69 Å². The van der Waals surface area contributed by atoms with E-state index in [1.165, 1.54) is 6.07 Å².